The molecule has 0 aliphatic rings. The van der Waals surface area contributed by atoms with Crippen molar-refractivity contribution in [2.75, 3.05) is 26.3 Å². The standard InChI is InChI=1S/C10H15BrN2O2/c11-8-2-1-3-9(14-6-4-12)10(8)15-7-5-13/h1-3H,4-7,12-13H2. The summed E-state index contributed by atoms with van der Waals surface area (Å²) in [5, 5.41) is 0. The lowest BCUT2D eigenvalue weighted by Gasteiger charge is -2.13. The molecule has 0 amide bonds. The smallest absolute Gasteiger partial charge is 0.175 e. The van der Waals surface area contributed by atoms with Gasteiger partial charge in [-0.05, 0) is 28.1 Å². The Hall–Kier alpha value is -0.780. The van der Waals surface area contributed by atoms with Crippen LogP contribution in [0.3, 0.4) is 0 Å². The van der Waals surface area contributed by atoms with Crippen molar-refractivity contribution in [1.82, 2.24) is 0 Å². The Morgan fingerprint density at radius 3 is 2.40 bits per heavy atom. The maximum Gasteiger partial charge on any atom is 0.175 e. The van der Waals surface area contributed by atoms with E-state index in [1.165, 1.54) is 0 Å². The van der Waals surface area contributed by atoms with Gasteiger partial charge in [-0.1, -0.05) is 6.07 Å². The molecule has 1 aromatic carbocycles. The third-order valence-electron chi connectivity index (χ3n) is 1.67. The summed E-state index contributed by atoms with van der Waals surface area (Å²) in [7, 11) is 0. The predicted molar refractivity (Wildman–Crippen MR) is 63.2 cm³/mol. The first-order chi connectivity index (χ1) is 7.29. The second-order valence-corrected chi connectivity index (χ2v) is 3.70. The largest absolute Gasteiger partial charge is 0.488 e. The van der Waals surface area contributed by atoms with E-state index in [9.17, 15) is 0 Å². The Kier molecular flexibility index (Phi) is 5.45. The van der Waals surface area contributed by atoms with Crippen LogP contribution in [0.2, 0.25) is 0 Å². The molecule has 0 aromatic heterocycles. The van der Waals surface area contributed by atoms with Gasteiger partial charge in [0.15, 0.2) is 11.5 Å². The highest BCUT2D eigenvalue weighted by Crippen LogP contribution is 2.34. The van der Waals surface area contributed by atoms with E-state index < -0.39 is 0 Å². The summed E-state index contributed by atoms with van der Waals surface area (Å²) in [6, 6.07) is 5.61. The van der Waals surface area contributed by atoms with Gasteiger partial charge in [-0.25, -0.2) is 0 Å². The van der Waals surface area contributed by atoms with Gasteiger partial charge in [0.1, 0.15) is 13.2 Å². The van der Waals surface area contributed by atoms with Gasteiger partial charge in [-0.15, -0.1) is 0 Å². The molecule has 1 rings (SSSR count). The summed E-state index contributed by atoms with van der Waals surface area (Å²) >= 11 is 3.39. The molecule has 0 radical (unpaired) electrons. The zero-order chi connectivity index (χ0) is 11.1. The molecule has 0 saturated carbocycles. The molecular weight excluding hydrogens is 260 g/mol. The van der Waals surface area contributed by atoms with Crippen LogP contribution in [0, 0.1) is 0 Å². The summed E-state index contributed by atoms with van der Waals surface area (Å²) < 4.78 is 11.8. The molecular formula is C10H15BrN2O2. The number of halogens is 1. The number of benzene rings is 1. The lowest BCUT2D eigenvalue weighted by Crippen LogP contribution is -2.13. The molecule has 0 unspecified atom stereocenters. The third kappa shape index (κ3) is 3.70. The van der Waals surface area contributed by atoms with E-state index in [1.54, 1.807) is 0 Å². The Morgan fingerprint density at radius 1 is 1.07 bits per heavy atom. The minimum atomic E-state index is 0.460. The molecule has 15 heavy (non-hydrogen) atoms. The van der Waals surface area contributed by atoms with E-state index in [2.05, 4.69) is 15.9 Å². The zero-order valence-electron chi connectivity index (χ0n) is 8.41. The van der Waals surface area contributed by atoms with Crippen LogP contribution in [-0.4, -0.2) is 26.3 Å². The SMILES string of the molecule is NCCOc1cccc(Br)c1OCCN. The number of hydrogen-bond acceptors (Lipinski definition) is 4. The molecule has 0 spiro atoms. The second-order valence-electron chi connectivity index (χ2n) is 2.84. The molecule has 0 aliphatic carbocycles. The van der Waals surface area contributed by atoms with Crippen LogP contribution in [0.15, 0.2) is 22.7 Å². The molecule has 0 bridgehead atoms. The Morgan fingerprint density at radius 2 is 1.73 bits per heavy atom. The van der Waals surface area contributed by atoms with E-state index in [1.807, 2.05) is 18.2 Å². The van der Waals surface area contributed by atoms with Crippen molar-refractivity contribution >= 4 is 15.9 Å². The van der Waals surface area contributed by atoms with Crippen LogP contribution in [0.5, 0.6) is 11.5 Å². The molecule has 4 nitrogen and oxygen atoms in total. The minimum absolute atomic E-state index is 0.460. The number of hydrogen-bond donors (Lipinski definition) is 2. The van der Waals surface area contributed by atoms with Crippen LogP contribution >= 0.6 is 15.9 Å². The average molecular weight is 275 g/mol. The highest BCUT2D eigenvalue weighted by atomic mass is 79.9. The first-order valence-corrected chi connectivity index (χ1v) is 5.53. The quantitative estimate of drug-likeness (QED) is 0.816. The van der Waals surface area contributed by atoms with Crippen molar-refractivity contribution in [3.8, 4) is 11.5 Å². The van der Waals surface area contributed by atoms with Crippen molar-refractivity contribution < 1.29 is 9.47 Å². The lowest BCUT2D eigenvalue weighted by molar-refractivity contribution is 0.276. The van der Waals surface area contributed by atoms with Gasteiger partial charge >= 0.3 is 0 Å². The normalized spacial score (nSPS) is 10.1. The highest BCUT2D eigenvalue weighted by Gasteiger charge is 2.08. The molecule has 5 heteroatoms. The molecule has 0 fully saturated rings. The van der Waals surface area contributed by atoms with E-state index in [-0.39, 0.29) is 0 Å². The van der Waals surface area contributed by atoms with E-state index in [0.29, 0.717) is 37.8 Å². The maximum absolute atomic E-state index is 5.48. The molecule has 0 saturated heterocycles. The molecule has 0 heterocycles. The Bertz CT molecular complexity index is 307. The second kappa shape index (κ2) is 6.66. The van der Waals surface area contributed by atoms with Gasteiger partial charge in [0.05, 0.1) is 4.47 Å². The lowest BCUT2D eigenvalue weighted by atomic mass is 10.3. The third-order valence-corrected chi connectivity index (χ3v) is 2.29. The predicted octanol–water partition coefficient (Wildman–Crippen LogP) is 1.12. The molecule has 0 atom stereocenters. The number of rotatable bonds is 6. The topological polar surface area (TPSA) is 70.5 Å². The van der Waals surface area contributed by atoms with Crippen LogP contribution in [0.25, 0.3) is 0 Å². The first-order valence-electron chi connectivity index (χ1n) is 4.74. The summed E-state index contributed by atoms with van der Waals surface area (Å²) in [5.74, 6) is 1.36. The fraction of sp³-hybridized carbons (Fsp3) is 0.400. The maximum atomic E-state index is 5.48. The van der Waals surface area contributed by atoms with Crippen molar-refractivity contribution in [2.45, 2.75) is 0 Å². The number of ether oxygens (including phenoxy) is 2. The molecule has 0 aliphatic heterocycles. The van der Waals surface area contributed by atoms with E-state index in [4.69, 9.17) is 20.9 Å². The van der Waals surface area contributed by atoms with Gasteiger partial charge < -0.3 is 20.9 Å². The van der Waals surface area contributed by atoms with Crippen LogP contribution < -0.4 is 20.9 Å². The van der Waals surface area contributed by atoms with E-state index >= 15 is 0 Å². The van der Waals surface area contributed by atoms with Gasteiger partial charge in [0.2, 0.25) is 0 Å². The highest BCUT2D eigenvalue weighted by molar-refractivity contribution is 9.10. The summed E-state index contributed by atoms with van der Waals surface area (Å²) in [5.41, 5.74) is 10.7. The van der Waals surface area contributed by atoms with Gasteiger partial charge in [-0.2, -0.15) is 0 Å². The Balaban J connectivity index is 2.77. The van der Waals surface area contributed by atoms with Crippen molar-refractivity contribution in [3.05, 3.63) is 22.7 Å². The molecule has 4 N–H and O–H groups in total. The molecule has 1 aromatic rings. The first kappa shape index (κ1) is 12.3. The van der Waals surface area contributed by atoms with Crippen LogP contribution in [0.1, 0.15) is 0 Å². The fourth-order valence-corrected chi connectivity index (χ4v) is 1.54. The molecule has 84 valence electrons. The van der Waals surface area contributed by atoms with Crippen LogP contribution in [-0.2, 0) is 0 Å². The van der Waals surface area contributed by atoms with Gasteiger partial charge in [-0.3, -0.25) is 0 Å². The fourth-order valence-electron chi connectivity index (χ4n) is 1.07. The Labute approximate surface area is 97.7 Å². The summed E-state index contributed by atoms with van der Waals surface area (Å²) in [6.07, 6.45) is 0. The van der Waals surface area contributed by atoms with Crippen molar-refractivity contribution in [3.63, 3.8) is 0 Å². The summed E-state index contributed by atoms with van der Waals surface area (Å²) in [4.78, 5) is 0. The monoisotopic (exact) mass is 274 g/mol. The van der Waals surface area contributed by atoms with Gasteiger partial charge in [0.25, 0.3) is 0 Å². The van der Waals surface area contributed by atoms with E-state index in [0.717, 1.165) is 4.47 Å². The van der Waals surface area contributed by atoms with Crippen molar-refractivity contribution in [1.29, 1.82) is 0 Å². The number of nitrogens with two attached hydrogens (primary N) is 2. The minimum Gasteiger partial charge on any atom is -0.488 e. The average Bonchev–Trinajstić information content (AvgIpc) is 2.25. The zero-order valence-corrected chi connectivity index (χ0v) is 10.00. The van der Waals surface area contributed by atoms with Crippen molar-refractivity contribution in [2.24, 2.45) is 11.5 Å². The summed E-state index contributed by atoms with van der Waals surface area (Å²) in [6.45, 7) is 1.87. The van der Waals surface area contributed by atoms with Gasteiger partial charge in [0, 0.05) is 13.1 Å². The van der Waals surface area contributed by atoms with Crippen LogP contribution in [0.4, 0.5) is 0 Å². The number of para-hydroxylation sites is 1.